The van der Waals surface area contributed by atoms with Gasteiger partial charge in [-0.2, -0.15) is 0 Å². The fourth-order valence-corrected chi connectivity index (χ4v) is 5.36. The number of benzene rings is 2. The van der Waals surface area contributed by atoms with E-state index in [1.807, 2.05) is 13.1 Å². The second kappa shape index (κ2) is 12.8. The number of nitro groups is 1. The Hall–Kier alpha value is -4.19. The minimum atomic E-state index is -0.402. The molecular weight excluding hydrogens is 583 g/mol. The minimum Gasteiger partial charge on any atom is -0.495 e. The summed E-state index contributed by atoms with van der Waals surface area (Å²) >= 11 is 13.1. The molecule has 13 heteroatoms. The van der Waals surface area contributed by atoms with Gasteiger partial charge in [-0.25, -0.2) is 15.0 Å². The maximum absolute atomic E-state index is 11.9. The molecule has 0 radical (unpaired) electrons. The molecule has 5 rings (SSSR count). The molecule has 0 spiro atoms. The number of halogens is 2. The Balaban J connectivity index is 1.41. The first-order valence-corrected chi connectivity index (χ1v) is 13.7. The number of hydrogen-bond donors (Lipinski definition) is 1. The molecule has 0 saturated carbocycles. The van der Waals surface area contributed by atoms with Gasteiger partial charge in [0, 0.05) is 54.5 Å². The van der Waals surface area contributed by atoms with Gasteiger partial charge in [0.25, 0.3) is 5.69 Å². The SMILES string of the molecule is COc1cc(OC)c(Cl)c(Nc2ncccc2-c2cc(Cc3ccc(OCC4CN(C)C4)cc3[N+](=O)[O-])ncn2)c1Cl. The average molecular weight is 611 g/mol. The lowest BCUT2D eigenvalue weighted by Gasteiger charge is -2.35. The molecule has 42 heavy (non-hydrogen) atoms. The molecule has 0 amide bonds. The van der Waals surface area contributed by atoms with Gasteiger partial charge < -0.3 is 24.4 Å². The Morgan fingerprint density at radius 1 is 1.05 bits per heavy atom. The summed E-state index contributed by atoms with van der Waals surface area (Å²) in [5.74, 6) is 2.07. The predicted molar refractivity (Wildman–Crippen MR) is 160 cm³/mol. The van der Waals surface area contributed by atoms with Crippen LogP contribution in [-0.2, 0) is 6.42 Å². The van der Waals surface area contributed by atoms with Crippen LogP contribution in [0.3, 0.4) is 0 Å². The summed E-state index contributed by atoms with van der Waals surface area (Å²) in [5.41, 5.74) is 2.60. The van der Waals surface area contributed by atoms with Gasteiger partial charge in [0.15, 0.2) is 0 Å². The van der Waals surface area contributed by atoms with Crippen molar-refractivity contribution in [2.24, 2.45) is 5.92 Å². The molecule has 2 aromatic carbocycles. The standard InChI is InChI=1S/C29H28Cl2N6O5/c1-36-13-17(14-36)15-42-20-7-6-18(23(11-20)37(38)39)9-19-10-22(34-16-33-19)21-5-4-8-32-29(21)35-28-26(30)24(40-2)12-25(41-3)27(28)31/h4-8,10-12,16-17H,9,13-15H2,1-3H3,(H,32,35). The molecule has 218 valence electrons. The van der Waals surface area contributed by atoms with Gasteiger partial charge in [0.2, 0.25) is 0 Å². The lowest BCUT2D eigenvalue weighted by Crippen LogP contribution is -2.46. The van der Waals surface area contributed by atoms with E-state index in [9.17, 15) is 10.1 Å². The largest absolute Gasteiger partial charge is 0.495 e. The molecule has 1 saturated heterocycles. The number of nitrogens with zero attached hydrogens (tertiary/aromatic N) is 5. The Bertz CT molecular complexity index is 1590. The Kier molecular flexibility index (Phi) is 8.91. The lowest BCUT2D eigenvalue weighted by atomic mass is 10.0. The summed E-state index contributed by atoms with van der Waals surface area (Å²) in [5, 5.41) is 15.6. The first-order chi connectivity index (χ1) is 20.3. The molecular formula is C29H28Cl2N6O5. The third-order valence-electron chi connectivity index (χ3n) is 6.87. The van der Waals surface area contributed by atoms with Crippen LogP contribution in [0.15, 0.2) is 55.0 Å². The van der Waals surface area contributed by atoms with Gasteiger partial charge in [0.1, 0.15) is 39.4 Å². The molecule has 0 aliphatic carbocycles. The summed E-state index contributed by atoms with van der Waals surface area (Å²) in [7, 11) is 5.03. The van der Waals surface area contributed by atoms with E-state index in [0.29, 0.717) is 63.8 Å². The molecule has 1 N–H and O–H groups in total. The van der Waals surface area contributed by atoms with Crippen molar-refractivity contribution < 1.29 is 19.1 Å². The van der Waals surface area contributed by atoms with Crippen molar-refractivity contribution in [1.82, 2.24) is 19.9 Å². The molecule has 2 aromatic heterocycles. The third-order valence-corrected chi connectivity index (χ3v) is 7.63. The van der Waals surface area contributed by atoms with E-state index in [-0.39, 0.29) is 22.2 Å². The highest BCUT2D eigenvalue weighted by Crippen LogP contribution is 2.45. The molecule has 1 aliphatic rings. The van der Waals surface area contributed by atoms with Crippen LogP contribution >= 0.6 is 23.2 Å². The fraction of sp³-hybridized carbons (Fsp3) is 0.276. The quantitative estimate of drug-likeness (QED) is 0.158. The van der Waals surface area contributed by atoms with Gasteiger partial charge >= 0.3 is 0 Å². The zero-order chi connectivity index (χ0) is 29.8. The van der Waals surface area contributed by atoms with Crippen LogP contribution in [0.2, 0.25) is 10.0 Å². The topological polar surface area (TPSA) is 125 Å². The minimum absolute atomic E-state index is 0.0293. The Morgan fingerprint density at radius 3 is 2.45 bits per heavy atom. The molecule has 3 heterocycles. The highest BCUT2D eigenvalue weighted by atomic mass is 35.5. The molecule has 0 bridgehead atoms. The van der Waals surface area contributed by atoms with Gasteiger partial charge in [-0.05, 0) is 37.4 Å². The van der Waals surface area contributed by atoms with E-state index in [2.05, 4.69) is 25.2 Å². The van der Waals surface area contributed by atoms with Gasteiger partial charge in [-0.15, -0.1) is 0 Å². The Morgan fingerprint density at radius 2 is 1.79 bits per heavy atom. The molecule has 4 aromatic rings. The number of rotatable bonds is 11. The predicted octanol–water partition coefficient (Wildman–Crippen LogP) is 6.05. The molecule has 0 atom stereocenters. The summed E-state index contributed by atoms with van der Waals surface area (Å²) < 4.78 is 16.6. The van der Waals surface area contributed by atoms with Crippen molar-refractivity contribution in [2.45, 2.75) is 6.42 Å². The van der Waals surface area contributed by atoms with Gasteiger partial charge in [0.05, 0.1) is 43.2 Å². The van der Waals surface area contributed by atoms with E-state index in [1.165, 1.54) is 26.6 Å². The van der Waals surface area contributed by atoms with Gasteiger partial charge in [-0.1, -0.05) is 23.2 Å². The molecule has 11 nitrogen and oxygen atoms in total. The van der Waals surface area contributed by atoms with Crippen LogP contribution in [0.25, 0.3) is 11.3 Å². The summed E-state index contributed by atoms with van der Waals surface area (Å²) in [6.07, 6.45) is 3.24. The second-order valence-corrected chi connectivity index (χ2v) is 10.6. The monoisotopic (exact) mass is 610 g/mol. The third kappa shape index (κ3) is 6.33. The zero-order valence-corrected chi connectivity index (χ0v) is 24.6. The average Bonchev–Trinajstić information content (AvgIpc) is 2.98. The van der Waals surface area contributed by atoms with E-state index >= 15 is 0 Å². The van der Waals surface area contributed by atoms with Crippen molar-refractivity contribution in [1.29, 1.82) is 0 Å². The van der Waals surface area contributed by atoms with E-state index in [4.69, 9.17) is 37.4 Å². The van der Waals surface area contributed by atoms with Crippen LogP contribution in [0.5, 0.6) is 17.2 Å². The zero-order valence-electron chi connectivity index (χ0n) is 23.1. The highest BCUT2D eigenvalue weighted by Gasteiger charge is 2.24. The number of nitrogens with one attached hydrogen (secondary N) is 1. The number of nitro benzene ring substituents is 1. The maximum Gasteiger partial charge on any atom is 0.276 e. The molecule has 0 unspecified atom stereocenters. The van der Waals surface area contributed by atoms with E-state index < -0.39 is 4.92 Å². The second-order valence-electron chi connectivity index (χ2n) is 9.83. The number of pyridine rings is 1. The van der Waals surface area contributed by atoms with Crippen molar-refractivity contribution in [3.05, 3.63) is 86.4 Å². The first kappa shape index (κ1) is 29.3. The summed E-state index contributed by atoms with van der Waals surface area (Å²) in [4.78, 5) is 27.0. The summed E-state index contributed by atoms with van der Waals surface area (Å²) in [6.45, 7) is 2.44. The number of anilines is 2. The lowest BCUT2D eigenvalue weighted by molar-refractivity contribution is -0.385. The van der Waals surface area contributed by atoms with Crippen LogP contribution in [-0.4, -0.2) is 65.7 Å². The van der Waals surface area contributed by atoms with Crippen molar-refractivity contribution in [3.63, 3.8) is 0 Å². The van der Waals surface area contributed by atoms with Crippen molar-refractivity contribution >= 4 is 40.4 Å². The van der Waals surface area contributed by atoms with E-state index in [1.54, 1.807) is 36.5 Å². The number of hydrogen-bond acceptors (Lipinski definition) is 10. The van der Waals surface area contributed by atoms with Crippen LogP contribution < -0.4 is 19.5 Å². The van der Waals surface area contributed by atoms with Crippen LogP contribution in [0.4, 0.5) is 17.2 Å². The van der Waals surface area contributed by atoms with Crippen molar-refractivity contribution in [2.75, 3.05) is 46.3 Å². The van der Waals surface area contributed by atoms with Crippen LogP contribution in [0.1, 0.15) is 11.3 Å². The first-order valence-electron chi connectivity index (χ1n) is 13.0. The molecule has 1 aliphatic heterocycles. The number of ether oxygens (including phenoxy) is 3. The summed E-state index contributed by atoms with van der Waals surface area (Å²) in [6, 6.07) is 11.9. The number of aromatic nitrogens is 3. The maximum atomic E-state index is 11.9. The number of methoxy groups -OCH3 is 2. The van der Waals surface area contributed by atoms with E-state index in [0.717, 1.165) is 13.1 Å². The highest BCUT2D eigenvalue weighted by molar-refractivity contribution is 6.41. The molecule has 1 fully saturated rings. The number of likely N-dealkylation sites (tertiary alicyclic amines) is 1. The Labute approximate surface area is 252 Å². The fourth-order valence-electron chi connectivity index (χ4n) is 4.76. The van der Waals surface area contributed by atoms with Gasteiger partial charge in [-0.3, -0.25) is 10.1 Å². The van der Waals surface area contributed by atoms with Crippen LogP contribution in [0, 0.1) is 16.0 Å². The van der Waals surface area contributed by atoms with Crippen molar-refractivity contribution in [3.8, 4) is 28.5 Å². The normalized spacial score (nSPS) is 13.4. The smallest absolute Gasteiger partial charge is 0.276 e.